The van der Waals surface area contributed by atoms with Crippen molar-refractivity contribution in [1.82, 2.24) is 10.2 Å². The summed E-state index contributed by atoms with van der Waals surface area (Å²) in [5.74, 6) is 0.969. The van der Waals surface area contributed by atoms with Crippen LogP contribution >= 0.6 is 0 Å². The Labute approximate surface area is 102 Å². The molecule has 1 aliphatic heterocycles. The van der Waals surface area contributed by atoms with Gasteiger partial charge in [-0.25, -0.2) is 0 Å². The van der Waals surface area contributed by atoms with Gasteiger partial charge < -0.3 is 5.32 Å². The molecule has 0 amide bonds. The molecule has 3 unspecified atom stereocenters. The Kier molecular flexibility index (Phi) is 6.37. The second kappa shape index (κ2) is 7.29. The highest BCUT2D eigenvalue weighted by Gasteiger charge is 2.25. The molecule has 3 atom stereocenters. The molecule has 1 aliphatic rings. The quantitative estimate of drug-likeness (QED) is 0.718. The maximum atomic E-state index is 3.61. The van der Waals surface area contributed by atoms with E-state index in [2.05, 4.69) is 37.9 Å². The van der Waals surface area contributed by atoms with Crippen molar-refractivity contribution in [3.05, 3.63) is 0 Å². The maximum absolute atomic E-state index is 3.61. The van der Waals surface area contributed by atoms with Gasteiger partial charge >= 0.3 is 0 Å². The first kappa shape index (κ1) is 14.0. The first-order chi connectivity index (χ1) is 7.67. The van der Waals surface area contributed by atoms with Crippen LogP contribution in [0.4, 0.5) is 0 Å². The Bertz CT molecular complexity index is 182. The van der Waals surface area contributed by atoms with Gasteiger partial charge in [-0.1, -0.05) is 20.3 Å². The average molecular weight is 226 g/mol. The molecule has 96 valence electrons. The van der Waals surface area contributed by atoms with Gasteiger partial charge in [0.2, 0.25) is 0 Å². The number of likely N-dealkylation sites (tertiary alicyclic amines) is 1. The van der Waals surface area contributed by atoms with E-state index >= 15 is 0 Å². The van der Waals surface area contributed by atoms with E-state index in [0.29, 0.717) is 12.1 Å². The molecule has 0 saturated carbocycles. The summed E-state index contributed by atoms with van der Waals surface area (Å²) in [6.45, 7) is 13.0. The SMILES string of the molecule is CCCC1CCN(C(C)CNC(C)CC)C1. The lowest BCUT2D eigenvalue weighted by Crippen LogP contribution is -2.41. The summed E-state index contributed by atoms with van der Waals surface area (Å²) < 4.78 is 0. The topological polar surface area (TPSA) is 15.3 Å². The van der Waals surface area contributed by atoms with Gasteiger partial charge in [0, 0.05) is 25.2 Å². The van der Waals surface area contributed by atoms with Crippen LogP contribution in [0, 0.1) is 5.92 Å². The van der Waals surface area contributed by atoms with Crippen LogP contribution in [0.3, 0.4) is 0 Å². The molecule has 0 bridgehead atoms. The van der Waals surface area contributed by atoms with Crippen molar-refractivity contribution < 1.29 is 0 Å². The van der Waals surface area contributed by atoms with E-state index in [4.69, 9.17) is 0 Å². The van der Waals surface area contributed by atoms with Crippen molar-refractivity contribution in [2.45, 2.75) is 65.5 Å². The zero-order valence-corrected chi connectivity index (χ0v) is 11.6. The molecule has 1 N–H and O–H groups in total. The number of rotatable bonds is 7. The van der Waals surface area contributed by atoms with E-state index in [1.54, 1.807) is 0 Å². The fourth-order valence-corrected chi connectivity index (χ4v) is 2.55. The van der Waals surface area contributed by atoms with Gasteiger partial charge in [0.1, 0.15) is 0 Å². The van der Waals surface area contributed by atoms with Crippen molar-refractivity contribution in [3.63, 3.8) is 0 Å². The Morgan fingerprint density at radius 2 is 2.06 bits per heavy atom. The van der Waals surface area contributed by atoms with Crippen LogP contribution in [-0.2, 0) is 0 Å². The summed E-state index contributed by atoms with van der Waals surface area (Å²) in [7, 11) is 0. The molecular weight excluding hydrogens is 196 g/mol. The molecule has 1 heterocycles. The highest BCUT2D eigenvalue weighted by Crippen LogP contribution is 2.22. The molecule has 1 saturated heterocycles. The van der Waals surface area contributed by atoms with Gasteiger partial charge in [-0.3, -0.25) is 4.90 Å². The molecule has 16 heavy (non-hydrogen) atoms. The minimum Gasteiger partial charge on any atom is -0.313 e. The lowest BCUT2D eigenvalue weighted by atomic mass is 10.0. The van der Waals surface area contributed by atoms with Gasteiger partial charge in [0.15, 0.2) is 0 Å². The van der Waals surface area contributed by atoms with Gasteiger partial charge in [-0.15, -0.1) is 0 Å². The molecule has 0 aliphatic carbocycles. The molecule has 0 aromatic rings. The van der Waals surface area contributed by atoms with E-state index in [1.165, 1.54) is 38.8 Å². The number of nitrogens with zero attached hydrogens (tertiary/aromatic N) is 1. The third-order valence-corrected chi connectivity index (χ3v) is 4.01. The van der Waals surface area contributed by atoms with E-state index < -0.39 is 0 Å². The third-order valence-electron chi connectivity index (χ3n) is 4.01. The standard InChI is InChI=1S/C14H30N2/c1-5-7-14-8-9-16(11-14)13(4)10-15-12(3)6-2/h12-15H,5-11H2,1-4H3. The monoisotopic (exact) mass is 226 g/mol. The van der Waals surface area contributed by atoms with E-state index in [-0.39, 0.29) is 0 Å². The fraction of sp³-hybridized carbons (Fsp3) is 1.00. The number of nitrogens with one attached hydrogen (secondary N) is 1. The molecule has 0 aromatic heterocycles. The predicted octanol–water partition coefficient (Wildman–Crippen LogP) is 2.89. The van der Waals surface area contributed by atoms with Gasteiger partial charge in [-0.05, 0) is 45.6 Å². The van der Waals surface area contributed by atoms with Crippen LogP contribution in [0.25, 0.3) is 0 Å². The first-order valence-corrected chi connectivity index (χ1v) is 7.14. The molecule has 0 radical (unpaired) electrons. The largest absolute Gasteiger partial charge is 0.313 e. The Morgan fingerprint density at radius 3 is 2.69 bits per heavy atom. The molecule has 1 rings (SSSR count). The Hall–Kier alpha value is -0.0800. The first-order valence-electron chi connectivity index (χ1n) is 7.14. The molecule has 0 aromatic carbocycles. The molecule has 0 spiro atoms. The molecular formula is C14H30N2. The lowest BCUT2D eigenvalue weighted by molar-refractivity contribution is 0.236. The second-order valence-electron chi connectivity index (χ2n) is 5.50. The van der Waals surface area contributed by atoms with Crippen molar-refractivity contribution in [2.75, 3.05) is 19.6 Å². The normalized spacial score (nSPS) is 25.9. The second-order valence-corrected chi connectivity index (χ2v) is 5.50. The van der Waals surface area contributed by atoms with Gasteiger partial charge in [0.25, 0.3) is 0 Å². The summed E-state index contributed by atoms with van der Waals surface area (Å²) in [5, 5.41) is 3.61. The molecule has 2 nitrogen and oxygen atoms in total. The fourth-order valence-electron chi connectivity index (χ4n) is 2.55. The van der Waals surface area contributed by atoms with Crippen LogP contribution in [0.5, 0.6) is 0 Å². The van der Waals surface area contributed by atoms with Gasteiger partial charge in [-0.2, -0.15) is 0 Å². The van der Waals surface area contributed by atoms with Crippen molar-refractivity contribution >= 4 is 0 Å². The highest BCUT2D eigenvalue weighted by molar-refractivity contribution is 4.80. The van der Waals surface area contributed by atoms with Crippen LogP contribution in [0.1, 0.15) is 53.4 Å². The minimum absolute atomic E-state index is 0.663. The van der Waals surface area contributed by atoms with Crippen LogP contribution < -0.4 is 5.32 Å². The maximum Gasteiger partial charge on any atom is 0.0192 e. The lowest BCUT2D eigenvalue weighted by Gasteiger charge is -2.26. The summed E-state index contributed by atoms with van der Waals surface area (Å²) in [6, 6.07) is 1.37. The average Bonchev–Trinajstić information content (AvgIpc) is 2.74. The summed E-state index contributed by atoms with van der Waals surface area (Å²) >= 11 is 0. The van der Waals surface area contributed by atoms with Crippen LogP contribution in [0.2, 0.25) is 0 Å². The third kappa shape index (κ3) is 4.42. The van der Waals surface area contributed by atoms with E-state index in [9.17, 15) is 0 Å². The van der Waals surface area contributed by atoms with Crippen molar-refractivity contribution in [1.29, 1.82) is 0 Å². The molecule has 1 fully saturated rings. The smallest absolute Gasteiger partial charge is 0.0192 e. The van der Waals surface area contributed by atoms with E-state index in [0.717, 1.165) is 12.5 Å². The number of hydrogen-bond acceptors (Lipinski definition) is 2. The van der Waals surface area contributed by atoms with Crippen molar-refractivity contribution in [3.8, 4) is 0 Å². The van der Waals surface area contributed by atoms with Gasteiger partial charge in [0.05, 0.1) is 0 Å². The van der Waals surface area contributed by atoms with Crippen LogP contribution in [-0.4, -0.2) is 36.6 Å². The predicted molar refractivity (Wildman–Crippen MR) is 71.8 cm³/mol. The summed E-state index contributed by atoms with van der Waals surface area (Å²) in [4.78, 5) is 2.66. The molecule has 2 heteroatoms. The Morgan fingerprint density at radius 1 is 1.31 bits per heavy atom. The zero-order chi connectivity index (χ0) is 12.0. The van der Waals surface area contributed by atoms with Crippen LogP contribution in [0.15, 0.2) is 0 Å². The minimum atomic E-state index is 0.663. The number of hydrogen-bond donors (Lipinski definition) is 1. The zero-order valence-electron chi connectivity index (χ0n) is 11.6. The van der Waals surface area contributed by atoms with E-state index in [1.807, 2.05) is 0 Å². The Balaban J connectivity index is 2.20. The van der Waals surface area contributed by atoms with Crippen molar-refractivity contribution in [2.24, 2.45) is 5.92 Å². The highest BCUT2D eigenvalue weighted by atomic mass is 15.2. The summed E-state index contributed by atoms with van der Waals surface area (Å²) in [6.07, 6.45) is 5.41. The summed E-state index contributed by atoms with van der Waals surface area (Å²) in [5.41, 5.74) is 0.